The third kappa shape index (κ3) is 5.47. The van der Waals surface area contributed by atoms with Gasteiger partial charge in [0.1, 0.15) is 12.6 Å². The minimum Gasteiger partial charge on any atom is -0.496 e. The molecule has 0 spiro atoms. The van der Waals surface area contributed by atoms with Crippen molar-refractivity contribution in [1.82, 2.24) is 0 Å². The Morgan fingerprint density at radius 3 is 2.29 bits per heavy atom. The van der Waals surface area contributed by atoms with Crippen molar-refractivity contribution in [1.29, 1.82) is 0 Å². The van der Waals surface area contributed by atoms with E-state index in [1.165, 1.54) is 0 Å². The van der Waals surface area contributed by atoms with Crippen LogP contribution in [-0.2, 0) is 4.74 Å². The zero-order chi connectivity index (χ0) is 5.70. The van der Waals surface area contributed by atoms with Gasteiger partial charge < -0.3 is 4.74 Å². The van der Waals surface area contributed by atoms with E-state index in [2.05, 4.69) is 4.74 Å². The summed E-state index contributed by atoms with van der Waals surface area (Å²) in [4.78, 5) is 0. The first-order chi connectivity index (χ1) is 3.27. The second-order valence-electron chi connectivity index (χ2n) is 1.45. The molecule has 0 aliphatic rings. The van der Waals surface area contributed by atoms with E-state index in [1.807, 2.05) is 13.8 Å². The smallest absolute Gasteiger partial charge is 0.121 e. The van der Waals surface area contributed by atoms with Crippen LogP contribution >= 0.6 is 0 Å². The molecule has 0 unspecified atom stereocenters. The van der Waals surface area contributed by atoms with Gasteiger partial charge in [-0.15, -0.1) is 0 Å². The molecular weight excluding hydrogens is 95.1 g/mol. The lowest BCUT2D eigenvalue weighted by molar-refractivity contribution is 0.176. The molecule has 0 amide bonds. The van der Waals surface area contributed by atoms with Crippen LogP contribution in [0.4, 0.5) is 4.39 Å². The first-order valence-corrected chi connectivity index (χ1v) is 2.18. The molecule has 7 heavy (non-hydrogen) atoms. The third-order valence-corrected chi connectivity index (χ3v) is 0.402. The van der Waals surface area contributed by atoms with E-state index < -0.39 is 0 Å². The van der Waals surface area contributed by atoms with Crippen molar-refractivity contribution >= 4 is 0 Å². The van der Waals surface area contributed by atoms with E-state index in [4.69, 9.17) is 0 Å². The summed E-state index contributed by atoms with van der Waals surface area (Å²) in [7, 11) is 0. The van der Waals surface area contributed by atoms with E-state index in [9.17, 15) is 4.39 Å². The van der Waals surface area contributed by atoms with Crippen LogP contribution in [0.2, 0.25) is 0 Å². The standard InChI is InChI=1S/C5H9FO/c1-5(2)7-4-3-6/h3-5H,1-2H3/b4-3-. The van der Waals surface area contributed by atoms with Gasteiger partial charge in [-0.25, -0.2) is 4.39 Å². The van der Waals surface area contributed by atoms with Gasteiger partial charge in [0.25, 0.3) is 0 Å². The highest BCUT2D eigenvalue weighted by molar-refractivity contribution is 4.58. The fourth-order valence-electron chi connectivity index (χ4n) is 0.187. The van der Waals surface area contributed by atoms with Crippen molar-refractivity contribution in [3.8, 4) is 0 Å². The molecular formula is C5H9FO. The fraction of sp³-hybridized carbons (Fsp3) is 0.600. The summed E-state index contributed by atoms with van der Waals surface area (Å²) in [5, 5.41) is 0. The molecule has 2 heteroatoms. The normalized spacial score (nSPS) is 10.9. The van der Waals surface area contributed by atoms with Crippen LogP contribution in [-0.4, -0.2) is 6.10 Å². The lowest BCUT2D eigenvalue weighted by Gasteiger charge is -1.99. The third-order valence-electron chi connectivity index (χ3n) is 0.402. The largest absolute Gasteiger partial charge is 0.496 e. The minimum atomic E-state index is 0.0759. The maximum absolute atomic E-state index is 11.0. The average Bonchev–Trinajstić information content (AvgIpc) is 1.61. The zero-order valence-corrected chi connectivity index (χ0v) is 4.52. The van der Waals surface area contributed by atoms with Gasteiger partial charge >= 0.3 is 0 Å². The molecule has 0 aliphatic carbocycles. The molecule has 0 atom stereocenters. The Morgan fingerprint density at radius 2 is 2.14 bits per heavy atom. The van der Waals surface area contributed by atoms with Crippen LogP contribution in [0.3, 0.4) is 0 Å². The van der Waals surface area contributed by atoms with Gasteiger partial charge in [0.15, 0.2) is 0 Å². The van der Waals surface area contributed by atoms with Crippen LogP contribution < -0.4 is 0 Å². The maximum Gasteiger partial charge on any atom is 0.121 e. The van der Waals surface area contributed by atoms with Crippen molar-refractivity contribution in [3.05, 3.63) is 12.6 Å². The first kappa shape index (κ1) is 6.47. The molecule has 0 aliphatic heterocycles. The highest BCUT2D eigenvalue weighted by Gasteiger charge is 1.82. The van der Waals surface area contributed by atoms with Crippen molar-refractivity contribution in [2.45, 2.75) is 20.0 Å². The maximum atomic E-state index is 11.0. The molecule has 0 saturated carbocycles. The van der Waals surface area contributed by atoms with Crippen molar-refractivity contribution in [2.75, 3.05) is 0 Å². The van der Waals surface area contributed by atoms with Gasteiger partial charge in [-0.2, -0.15) is 0 Å². The van der Waals surface area contributed by atoms with Crippen LogP contribution in [0.5, 0.6) is 0 Å². The van der Waals surface area contributed by atoms with Crippen LogP contribution in [0.15, 0.2) is 12.6 Å². The highest BCUT2D eigenvalue weighted by Crippen LogP contribution is 1.87. The molecule has 0 saturated heterocycles. The molecule has 0 N–H and O–H groups in total. The molecule has 0 aromatic carbocycles. The summed E-state index contributed by atoms with van der Waals surface area (Å²) < 4.78 is 15.7. The number of hydrogen-bond donors (Lipinski definition) is 0. The van der Waals surface area contributed by atoms with E-state index in [0.29, 0.717) is 6.33 Å². The molecule has 0 heterocycles. The lowest BCUT2D eigenvalue weighted by atomic mass is 10.5. The van der Waals surface area contributed by atoms with Gasteiger partial charge in [-0.1, -0.05) is 0 Å². The molecule has 0 aromatic heterocycles. The highest BCUT2D eigenvalue weighted by atomic mass is 19.1. The van der Waals surface area contributed by atoms with Crippen LogP contribution in [0.1, 0.15) is 13.8 Å². The Balaban J connectivity index is 2.97. The Kier molecular flexibility index (Phi) is 3.38. The summed E-state index contributed by atoms with van der Waals surface area (Å²) in [5.41, 5.74) is 0. The van der Waals surface area contributed by atoms with E-state index in [1.54, 1.807) is 0 Å². The number of hydrogen-bond acceptors (Lipinski definition) is 1. The van der Waals surface area contributed by atoms with E-state index in [0.717, 1.165) is 6.26 Å². The Hall–Kier alpha value is -0.530. The SMILES string of the molecule is CC(C)O/C=C\F. The molecule has 0 rings (SSSR count). The molecule has 0 radical (unpaired) electrons. The van der Waals surface area contributed by atoms with Gasteiger partial charge in [-0.3, -0.25) is 0 Å². The number of ether oxygens (including phenoxy) is 1. The van der Waals surface area contributed by atoms with Crippen LogP contribution in [0.25, 0.3) is 0 Å². The van der Waals surface area contributed by atoms with E-state index in [-0.39, 0.29) is 6.10 Å². The summed E-state index contributed by atoms with van der Waals surface area (Å²) in [6.07, 6.45) is 1.48. The van der Waals surface area contributed by atoms with Gasteiger partial charge in [0.2, 0.25) is 0 Å². The second-order valence-corrected chi connectivity index (χ2v) is 1.45. The van der Waals surface area contributed by atoms with Crippen molar-refractivity contribution < 1.29 is 9.13 Å². The predicted molar refractivity (Wildman–Crippen MR) is 26.5 cm³/mol. The fourth-order valence-corrected chi connectivity index (χ4v) is 0.187. The Morgan fingerprint density at radius 1 is 1.57 bits per heavy atom. The molecule has 42 valence electrons. The minimum absolute atomic E-state index is 0.0759. The summed E-state index contributed by atoms with van der Waals surface area (Å²) in [5.74, 6) is 0. The van der Waals surface area contributed by atoms with Gasteiger partial charge in [-0.05, 0) is 13.8 Å². The molecule has 1 nitrogen and oxygen atoms in total. The molecule has 0 bridgehead atoms. The summed E-state index contributed by atoms with van der Waals surface area (Å²) in [6, 6.07) is 0. The molecule has 0 fully saturated rings. The number of halogens is 1. The lowest BCUT2D eigenvalue weighted by Crippen LogP contribution is -1.93. The van der Waals surface area contributed by atoms with Crippen molar-refractivity contribution in [3.63, 3.8) is 0 Å². The van der Waals surface area contributed by atoms with Gasteiger partial charge in [0.05, 0.1) is 6.10 Å². The van der Waals surface area contributed by atoms with Crippen LogP contribution in [0, 0.1) is 0 Å². The second kappa shape index (κ2) is 3.65. The Bertz CT molecular complexity index is 59.1. The summed E-state index contributed by atoms with van der Waals surface area (Å²) >= 11 is 0. The zero-order valence-electron chi connectivity index (χ0n) is 4.52. The van der Waals surface area contributed by atoms with Gasteiger partial charge in [0, 0.05) is 0 Å². The number of rotatable bonds is 2. The van der Waals surface area contributed by atoms with E-state index >= 15 is 0 Å². The summed E-state index contributed by atoms with van der Waals surface area (Å²) in [6.45, 7) is 3.67. The quantitative estimate of drug-likeness (QED) is 0.486. The molecule has 0 aromatic rings. The monoisotopic (exact) mass is 104 g/mol. The van der Waals surface area contributed by atoms with Crippen molar-refractivity contribution in [2.24, 2.45) is 0 Å². The first-order valence-electron chi connectivity index (χ1n) is 2.18. The predicted octanol–water partition coefficient (Wildman–Crippen LogP) is 1.85. The Labute approximate surface area is 42.8 Å². The average molecular weight is 104 g/mol. The topological polar surface area (TPSA) is 9.23 Å².